The van der Waals surface area contributed by atoms with E-state index in [1.165, 1.54) is 5.56 Å². The average Bonchev–Trinajstić information content (AvgIpc) is 2.96. The molecular weight excluding hydrogens is 296 g/mol. The monoisotopic (exact) mass is 324 g/mol. The van der Waals surface area contributed by atoms with Gasteiger partial charge < -0.3 is 10.6 Å². The van der Waals surface area contributed by atoms with Crippen LogP contribution in [0.4, 0.5) is 0 Å². The van der Waals surface area contributed by atoms with Crippen molar-refractivity contribution in [2.24, 2.45) is 17.1 Å². The summed E-state index contributed by atoms with van der Waals surface area (Å²) in [5.74, 6) is 0.792. The van der Waals surface area contributed by atoms with Gasteiger partial charge in [0.05, 0.1) is 0 Å². The van der Waals surface area contributed by atoms with Gasteiger partial charge in [-0.1, -0.05) is 44.2 Å². The summed E-state index contributed by atoms with van der Waals surface area (Å²) in [6.07, 6.45) is 4.09. The van der Waals surface area contributed by atoms with Crippen molar-refractivity contribution in [1.29, 1.82) is 0 Å². The summed E-state index contributed by atoms with van der Waals surface area (Å²) in [5.41, 5.74) is 6.80. The van der Waals surface area contributed by atoms with Gasteiger partial charge in [0.15, 0.2) is 0 Å². The van der Waals surface area contributed by atoms with Gasteiger partial charge in [-0.3, -0.25) is 4.79 Å². The summed E-state index contributed by atoms with van der Waals surface area (Å²) in [5, 5.41) is 0. The maximum Gasteiger partial charge on any atom is 0.228 e. The standard InChI is InChI=1S/C18H28N2O.ClH/c1-18(2,11-6-9-15-7-4-3-5-8-15)17(21)20-12-10-16(13-19)14-20;/h3-5,7-8,16H,6,9-14,19H2,1-2H3;1H. The molecule has 0 saturated carbocycles. The van der Waals surface area contributed by atoms with Gasteiger partial charge in [-0.2, -0.15) is 0 Å². The smallest absolute Gasteiger partial charge is 0.228 e. The first-order chi connectivity index (χ1) is 10.0. The molecule has 1 saturated heterocycles. The summed E-state index contributed by atoms with van der Waals surface area (Å²) < 4.78 is 0. The van der Waals surface area contributed by atoms with E-state index in [1.807, 2.05) is 11.0 Å². The number of halogens is 1. The molecule has 0 radical (unpaired) electrons. The maximum absolute atomic E-state index is 12.7. The van der Waals surface area contributed by atoms with Crippen LogP contribution < -0.4 is 5.73 Å². The molecule has 1 aromatic carbocycles. The number of carbonyl (C=O) groups is 1. The Hall–Kier alpha value is -1.06. The topological polar surface area (TPSA) is 46.3 Å². The van der Waals surface area contributed by atoms with Crippen molar-refractivity contribution >= 4 is 18.3 Å². The molecule has 1 aliphatic heterocycles. The molecule has 0 bridgehead atoms. The zero-order chi connectivity index (χ0) is 15.3. The van der Waals surface area contributed by atoms with Crippen molar-refractivity contribution in [3.63, 3.8) is 0 Å². The van der Waals surface area contributed by atoms with Crippen LogP contribution in [-0.4, -0.2) is 30.4 Å². The number of hydrogen-bond donors (Lipinski definition) is 1. The molecule has 0 aromatic heterocycles. The number of carbonyl (C=O) groups excluding carboxylic acids is 1. The third kappa shape index (κ3) is 4.99. The Morgan fingerprint density at radius 2 is 2.00 bits per heavy atom. The molecule has 1 unspecified atom stereocenters. The predicted octanol–water partition coefficient (Wildman–Crippen LogP) is 3.26. The van der Waals surface area contributed by atoms with E-state index in [1.54, 1.807) is 0 Å². The lowest BCUT2D eigenvalue weighted by molar-refractivity contribution is -0.139. The van der Waals surface area contributed by atoms with Crippen LogP contribution in [0.3, 0.4) is 0 Å². The van der Waals surface area contributed by atoms with Gasteiger partial charge in [0.1, 0.15) is 0 Å². The lowest BCUT2D eigenvalue weighted by Crippen LogP contribution is -2.40. The van der Waals surface area contributed by atoms with Crippen LogP contribution in [0.2, 0.25) is 0 Å². The molecule has 124 valence electrons. The van der Waals surface area contributed by atoms with Crippen molar-refractivity contribution < 1.29 is 4.79 Å². The molecular formula is C18H29ClN2O. The highest BCUT2D eigenvalue weighted by atomic mass is 35.5. The first kappa shape index (κ1) is 19.0. The van der Waals surface area contributed by atoms with E-state index in [-0.39, 0.29) is 17.8 Å². The fourth-order valence-corrected chi connectivity index (χ4v) is 3.12. The summed E-state index contributed by atoms with van der Waals surface area (Å²) >= 11 is 0. The Balaban J connectivity index is 0.00000242. The zero-order valence-corrected chi connectivity index (χ0v) is 14.6. The van der Waals surface area contributed by atoms with Crippen LogP contribution in [0.15, 0.2) is 30.3 Å². The maximum atomic E-state index is 12.7. The Morgan fingerprint density at radius 3 is 2.59 bits per heavy atom. The van der Waals surface area contributed by atoms with Gasteiger partial charge in [0.2, 0.25) is 5.91 Å². The molecule has 1 fully saturated rings. The van der Waals surface area contributed by atoms with Crippen LogP contribution in [0, 0.1) is 11.3 Å². The molecule has 1 atom stereocenters. The quantitative estimate of drug-likeness (QED) is 0.873. The van der Waals surface area contributed by atoms with Gasteiger partial charge >= 0.3 is 0 Å². The van der Waals surface area contributed by atoms with E-state index < -0.39 is 0 Å². The lowest BCUT2D eigenvalue weighted by Gasteiger charge is -2.29. The second kappa shape index (κ2) is 8.54. The summed E-state index contributed by atoms with van der Waals surface area (Å²) in [7, 11) is 0. The Morgan fingerprint density at radius 1 is 1.32 bits per heavy atom. The van der Waals surface area contributed by atoms with Gasteiger partial charge in [-0.25, -0.2) is 0 Å². The molecule has 22 heavy (non-hydrogen) atoms. The van der Waals surface area contributed by atoms with E-state index in [9.17, 15) is 4.79 Å². The molecule has 1 amide bonds. The van der Waals surface area contributed by atoms with Gasteiger partial charge in [0, 0.05) is 18.5 Å². The molecule has 4 heteroatoms. The molecule has 0 aliphatic carbocycles. The van der Waals surface area contributed by atoms with Gasteiger partial charge in [0.25, 0.3) is 0 Å². The average molecular weight is 325 g/mol. The second-order valence-corrected chi connectivity index (χ2v) is 6.86. The minimum atomic E-state index is -0.266. The molecule has 3 nitrogen and oxygen atoms in total. The summed E-state index contributed by atoms with van der Waals surface area (Å²) in [6.45, 7) is 6.57. The van der Waals surface area contributed by atoms with E-state index in [4.69, 9.17) is 5.73 Å². The molecule has 1 aromatic rings. The van der Waals surface area contributed by atoms with Crippen LogP contribution in [0.5, 0.6) is 0 Å². The molecule has 2 rings (SSSR count). The van der Waals surface area contributed by atoms with Crippen molar-refractivity contribution in [2.75, 3.05) is 19.6 Å². The number of benzene rings is 1. The third-order valence-corrected chi connectivity index (χ3v) is 4.60. The molecule has 1 aliphatic rings. The highest BCUT2D eigenvalue weighted by Gasteiger charge is 2.34. The van der Waals surface area contributed by atoms with E-state index in [0.717, 1.165) is 38.8 Å². The van der Waals surface area contributed by atoms with E-state index in [2.05, 4.69) is 38.1 Å². The Bertz CT molecular complexity index is 461. The Kier molecular flexibility index (Phi) is 7.37. The van der Waals surface area contributed by atoms with Gasteiger partial charge in [-0.05, 0) is 43.7 Å². The van der Waals surface area contributed by atoms with Gasteiger partial charge in [-0.15, -0.1) is 12.4 Å². The van der Waals surface area contributed by atoms with Crippen molar-refractivity contribution in [3.8, 4) is 0 Å². The van der Waals surface area contributed by atoms with Crippen molar-refractivity contribution in [3.05, 3.63) is 35.9 Å². The predicted molar refractivity (Wildman–Crippen MR) is 94.2 cm³/mol. The van der Waals surface area contributed by atoms with Crippen LogP contribution in [0.1, 0.15) is 38.7 Å². The number of nitrogens with zero attached hydrogens (tertiary/aromatic N) is 1. The number of nitrogens with two attached hydrogens (primary N) is 1. The molecule has 0 spiro atoms. The summed E-state index contributed by atoms with van der Waals surface area (Å²) in [4.78, 5) is 14.7. The molecule has 1 heterocycles. The van der Waals surface area contributed by atoms with E-state index >= 15 is 0 Å². The highest BCUT2D eigenvalue weighted by molar-refractivity contribution is 5.85. The zero-order valence-electron chi connectivity index (χ0n) is 13.8. The molecule has 2 N–H and O–H groups in total. The minimum Gasteiger partial charge on any atom is -0.342 e. The van der Waals surface area contributed by atoms with Crippen molar-refractivity contribution in [1.82, 2.24) is 4.90 Å². The van der Waals surface area contributed by atoms with Crippen LogP contribution in [0.25, 0.3) is 0 Å². The normalized spacial score (nSPS) is 18.1. The van der Waals surface area contributed by atoms with Crippen molar-refractivity contribution in [2.45, 2.75) is 39.5 Å². The van der Waals surface area contributed by atoms with E-state index in [0.29, 0.717) is 18.4 Å². The number of aryl methyl sites for hydroxylation is 1. The minimum absolute atomic E-state index is 0. The SMILES string of the molecule is CC(C)(CCCc1ccccc1)C(=O)N1CCC(CN)C1.Cl. The van der Waals surface area contributed by atoms with Crippen LogP contribution in [-0.2, 0) is 11.2 Å². The largest absolute Gasteiger partial charge is 0.342 e. The lowest BCUT2D eigenvalue weighted by atomic mass is 9.85. The fourth-order valence-electron chi connectivity index (χ4n) is 3.12. The number of hydrogen-bond acceptors (Lipinski definition) is 2. The van der Waals surface area contributed by atoms with Crippen LogP contribution >= 0.6 is 12.4 Å². The highest BCUT2D eigenvalue weighted by Crippen LogP contribution is 2.29. The second-order valence-electron chi connectivity index (χ2n) is 6.86. The number of amides is 1. The summed E-state index contributed by atoms with van der Waals surface area (Å²) in [6, 6.07) is 10.5. The Labute approximate surface area is 140 Å². The number of rotatable bonds is 6. The fraction of sp³-hybridized carbons (Fsp3) is 0.611. The third-order valence-electron chi connectivity index (χ3n) is 4.60. The number of likely N-dealkylation sites (tertiary alicyclic amines) is 1. The first-order valence-electron chi connectivity index (χ1n) is 8.06. The first-order valence-corrected chi connectivity index (χ1v) is 8.06.